The van der Waals surface area contributed by atoms with Gasteiger partial charge in [-0.25, -0.2) is 0 Å². The number of ether oxygens (including phenoxy) is 1. The van der Waals surface area contributed by atoms with Gasteiger partial charge < -0.3 is 14.7 Å². The van der Waals surface area contributed by atoms with E-state index in [0.717, 1.165) is 11.5 Å². The minimum absolute atomic E-state index is 0.132. The van der Waals surface area contributed by atoms with Crippen molar-refractivity contribution in [3.8, 4) is 0 Å². The van der Waals surface area contributed by atoms with Crippen LogP contribution in [0.4, 0.5) is 0 Å². The molecule has 1 saturated heterocycles. The lowest BCUT2D eigenvalue weighted by Gasteiger charge is -2.25. The molecular formula is C9H11N3O4S. The molecular weight excluding hydrogens is 246 g/mol. The summed E-state index contributed by atoms with van der Waals surface area (Å²) in [5.41, 5.74) is 0.230. The van der Waals surface area contributed by atoms with E-state index in [4.69, 9.17) is 9.84 Å². The SMILES string of the molecule is CN(C(=O)c1csnn1)C1COCC1C(=O)O. The van der Waals surface area contributed by atoms with Gasteiger partial charge in [-0.15, -0.1) is 5.10 Å². The largest absolute Gasteiger partial charge is 0.481 e. The maximum Gasteiger partial charge on any atom is 0.311 e. The molecule has 0 spiro atoms. The predicted octanol–water partition coefficient (Wildman–Crippen LogP) is -0.290. The van der Waals surface area contributed by atoms with Crippen LogP contribution in [0.3, 0.4) is 0 Å². The number of hydrogen-bond acceptors (Lipinski definition) is 6. The van der Waals surface area contributed by atoms with Crippen molar-refractivity contribution >= 4 is 23.4 Å². The molecule has 0 bridgehead atoms. The third-order valence-electron chi connectivity index (χ3n) is 2.76. The smallest absolute Gasteiger partial charge is 0.311 e. The first kappa shape index (κ1) is 11.9. The van der Waals surface area contributed by atoms with Crippen molar-refractivity contribution in [3.05, 3.63) is 11.1 Å². The topological polar surface area (TPSA) is 92.6 Å². The van der Waals surface area contributed by atoms with Gasteiger partial charge in [-0.2, -0.15) is 0 Å². The summed E-state index contributed by atoms with van der Waals surface area (Å²) in [6.07, 6.45) is 0. The fourth-order valence-electron chi connectivity index (χ4n) is 1.75. The average Bonchev–Trinajstić information content (AvgIpc) is 2.97. The fraction of sp³-hybridized carbons (Fsp3) is 0.556. The van der Waals surface area contributed by atoms with E-state index in [9.17, 15) is 9.59 Å². The summed E-state index contributed by atoms with van der Waals surface area (Å²) in [6.45, 7) is 0.365. The first-order valence-electron chi connectivity index (χ1n) is 4.96. The van der Waals surface area contributed by atoms with Crippen LogP contribution in [0.15, 0.2) is 5.38 Å². The lowest BCUT2D eigenvalue weighted by molar-refractivity contribution is -0.142. The summed E-state index contributed by atoms with van der Waals surface area (Å²) in [5.74, 6) is -1.97. The Morgan fingerprint density at radius 1 is 1.59 bits per heavy atom. The van der Waals surface area contributed by atoms with Crippen molar-refractivity contribution in [1.29, 1.82) is 0 Å². The van der Waals surface area contributed by atoms with Crippen LogP contribution < -0.4 is 0 Å². The van der Waals surface area contributed by atoms with E-state index in [1.54, 1.807) is 7.05 Å². The van der Waals surface area contributed by atoms with Gasteiger partial charge in [-0.1, -0.05) is 4.49 Å². The zero-order valence-electron chi connectivity index (χ0n) is 9.07. The van der Waals surface area contributed by atoms with Crippen LogP contribution in [0.25, 0.3) is 0 Å². The van der Waals surface area contributed by atoms with Crippen LogP contribution in [0.5, 0.6) is 0 Å². The summed E-state index contributed by atoms with van der Waals surface area (Å²) in [4.78, 5) is 24.3. The highest BCUT2D eigenvalue weighted by atomic mass is 32.1. The zero-order valence-corrected chi connectivity index (χ0v) is 9.88. The Morgan fingerprint density at radius 3 is 2.94 bits per heavy atom. The van der Waals surface area contributed by atoms with E-state index < -0.39 is 17.9 Å². The van der Waals surface area contributed by atoms with Gasteiger partial charge in [0, 0.05) is 12.4 Å². The number of hydrogen-bond donors (Lipinski definition) is 1. The molecule has 2 unspecified atom stereocenters. The Hall–Kier alpha value is -1.54. The molecule has 1 fully saturated rings. The summed E-state index contributed by atoms with van der Waals surface area (Å²) in [7, 11) is 1.55. The predicted molar refractivity (Wildman–Crippen MR) is 57.7 cm³/mol. The number of carbonyl (C=O) groups excluding carboxylic acids is 1. The number of aliphatic carboxylic acids is 1. The van der Waals surface area contributed by atoms with Crippen LogP contribution in [-0.4, -0.2) is 57.8 Å². The number of carboxylic acid groups (broad SMARTS) is 1. The van der Waals surface area contributed by atoms with E-state index in [1.807, 2.05) is 0 Å². The highest BCUT2D eigenvalue weighted by Crippen LogP contribution is 2.20. The van der Waals surface area contributed by atoms with Gasteiger partial charge in [0.05, 0.1) is 19.3 Å². The molecule has 2 rings (SSSR count). The average molecular weight is 257 g/mol. The first-order valence-corrected chi connectivity index (χ1v) is 5.79. The van der Waals surface area contributed by atoms with Gasteiger partial charge in [0.25, 0.3) is 5.91 Å². The minimum atomic E-state index is -0.955. The van der Waals surface area contributed by atoms with Gasteiger partial charge in [-0.05, 0) is 11.5 Å². The fourth-order valence-corrected chi connectivity index (χ4v) is 2.18. The van der Waals surface area contributed by atoms with Crippen LogP contribution in [0.2, 0.25) is 0 Å². The molecule has 1 aliphatic heterocycles. The number of carboxylic acids is 1. The lowest BCUT2D eigenvalue weighted by atomic mass is 10.0. The Balaban J connectivity index is 2.12. The first-order chi connectivity index (χ1) is 8.11. The second-order valence-corrected chi connectivity index (χ2v) is 4.37. The molecule has 2 atom stereocenters. The molecule has 0 radical (unpaired) electrons. The van der Waals surface area contributed by atoms with E-state index in [1.165, 1.54) is 10.3 Å². The molecule has 1 aliphatic rings. The number of likely N-dealkylation sites (N-methyl/N-ethyl adjacent to an activating group) is 1. The van der Waals surface area contributed by atoms with Gasteiger partial charge in [0.15, 0.2) is 5.69 Å². The second-order valence-electron chi connectivity index (χ2n) is 3.76. The Morgan fingerprint density at radius 2 is 2.35 bits per heavy atom. The highest BCUT2D eigenvalue weighted by molar-refractivity contribution is 7.03. The second kappa shape index (κ2) is 4.76. The van der Waals surface area contributed by atoms with Gasteiger partial charge in [0.2, 0.25) is 0 Å². The summed E-state index contributed by atoms with van der Waals surface area (Å²) in [6, 6.07) is -0.457. The highest BCUT2D eigenvalue weighted by Gasteiger charge is 2.39. The van der Waals surface area contributed by atoms with Crippen molar-refractivity contribution < 1.29 is 19.4 Å². The molecule has 17 heavy (non-hydrogen) atoms. The molecule has 1 aromatic heterocycles. The lowest BCUT2D eigenvalue weighted by Crippen LogP contribution is -2.44. The molecule has 2 heterocycles. The Labute approximate surface area is 101 Å². The van der Waals surface area contributed by atoms with E-state index in [2.05, 4.69) is 9.59 Å². The van der Waals surface area contributed by atoms with E-state index in [0.29, 0.717) is 0 Å². The third-order valence-corrected chi connectivity index (χ3v) is 3.27. The number of amides is 1. The number of rotatable bonds is 3. The summed E-state index contributed by atoms with van der Waals surface area (Å²) >= 11 is 1.08. The van der Waals surface area contributed by atoms with Crippen molar-refractivity contribution in [3.63, 3.8) is 0 Å². The van der Waals surface area contributed by atoms with Gasteiger partial charge >= 0.3 is 5.97 Å². The normalized spacial score (nSPS) is 23.6. The zero-order chi connectivity index (χ0) is 12.4. The minimum Gasteiger partial charge on any atom is -0.481 e. The van der Waals surface area contributed by atoms with Crippen LogP contribution >= 0.6 is 11.5 Å². The molecule has 1 amide bonds. The number of nitrogens with zero attached hydrogens (tertiary/aromatic N) is 3. The monoisotopic (exact) mass is 257 g/mol. The molecule has 7 nitrogen and oxygen atoms in total. The molecule has 0 saturated carbocycles. The standard InChI is InChI=1S/C9H11N3O4S/c1-12(8(13)6-4-17-11-10-6)7-3-16-2-5(7)9(14)15/h4-5,7H,2-3H2,1H3,(H,14,15). The Kier molecular flexibility index (Phi) is 3.34. The maximum absolute atomic E-state index is 11.9. The van der Waals surface area contributed by atoms with Gasteiger partial charge in [0.1, 0.15) is 5.92 Å². The van der Waals surface area contributed by atoms with Crippen molar-refractivity contribution in [2.24, 2.45) is 5.92 Å². The molecule has 0 aliphatic carbocycles. The number of aromatic nitrogens is 2. The molecule has 1 N–H and O–H groups in total. The maximum atomic E-state index is 11.9. The number of carbonyl (C=O) groups is 2. The van der Waals surface area contributed by atoms with Crippen molar-refractivity contribution in [1.82, 2.24) is 14.5 Å². The van der Waals surface area contributed by atoms with Crippen molar-refractivity contribution in [2.75, 3.05) is 20.3 Å². The Bertz CT molecular complexity index is 422. The van der Waals surface area contributed by atoms with Crippen LogP contribution in [0, 0.1) is 5.92 Å². The molecule has 0 aromatic carbocycles. The summed E-state index contributed by atoms with van der Waals surface area (Å²) in [5, 5.41) is 14.2. The third kappa shape index (κ3) is 2.27. The van der Waals surface area contributed by atoms with Crippen LogP contribution in [-0.2, 0) is 9.53 Å². The van der Waals surface area contributed by atoms with Gasteiger partial charge in [-0.3, -0.25) is 9.59 Å². The van der Waals surface area contributed by atoms with Crippen LogP contribution in [0.1, 0.15) is 10.5 Å². The molecule has 8 heteroatoms. The molecule has 1 aromatic rings. The quantitative estimate of drug-likeness (QED) is 0.799. The summed E-state index contributed by atoms with van der Waals surface area (Å²) < 4.78 is 8.71. The van der Waals surface area contributed by atoms with E-state index in [-0.39, 0.29) is 24.8 Å². The molecule has 92 valence electrons. The van der Waals surface area contributed by atoms with E-state index >= 15 is 0 Å². The van der Waals surface area contributed by atoms with Crippen molar-refractivity contribution in [2.45, 2.75) is 6.04 Å².